The van der Waals surface area contributed by atoms with Gasteiger partial charge in [0.2, 0.25) is 10.0 Å². The van der Waals surface area contributed by atoms with Crippen molar-refractivity contribution in [2.75, 3.05) is 22.0 Å². The first-order valence-corrected chi connectivity index (χ1v) is 13.9. The van der Waals surface area contributed by atoms with E-state index in [1.807, 2.05) is 24.3 Å². The first kappa shape index (κ1) is 25.8. The van der Waals surface area contributed by atoms with E-state index in [1.165, 1.54) is 42.9 Å². The highest BCUT2D eigenvalue weighted by Crippen LogP contribution is 2.46. The molecular weight excluding hydrogens is 487 g/mol. The number of nitrogens with zero attached hydrogens (tertiary/aromatic N) is 2. The zero-order valence-electron chi connectivity index (χ0n) is 18.8. The van der Waals surface area contributed by atoms with Crippen molar-refractivity contribution in [2.45, 2.75) is 30.8 Å². The summed E-state index contributed by atoms with van der Waals surface area (Å²) in [5, 5.41) is 3.08. The SMILES string of the molecule is CC(C)c1ccc(Nc2cc(NS(C)(CC(F)(F)F)NS(=O)(=O)c3ccccc3)ncn2)cc1. The Balaban J connectivity index is 1.83. The Morgan fingerprint density at radius 1 is 0.941 bits per heavy atom. The molecule has 0 radical (unpaired) electrons. The maximum atomic E-state index is 13.4. The average molecular weight is 514 g/mol. The van der Waals surface area contributed by atoms with Crippen LogP contribution in [0.1, 0.15) is 25.3 Å². The van der Waals surface area contributed by atoms with E-state index in [2.05, 4.69) is 38.0 Å². The van der Waals surface area contributed by atoms with Crippen molar-refractivity contribution in [3.63, 3.8) is 0 Å². The number of anilines is 3. The maximum absolute atomic E-state index is 13.4. The van der Waals surface area contributed by atoms with Crippen LogP contribution in [-0.2, 0) is 10.0 Å². The Morgan fingerprint density at radius 2 is 1.56 bits per heavy atom. The number of rotatable bonds is 9. The molecule has 0 aliphatic rings. The van der Waals surface area contributed by atoms with Gasteiger partial charge in [-0.2, -0.15) is 17.3 Å². The molecule has 3 N–H and O–H groups in total. The summed E-state index contributed by atoms with van der Waals surface area (Å²) in [6, 6.07) is 16.3. The molecule has 34 heavy (non-hydrogen) atoms. The van der Waals surface area contributed by atoms with Crippen molar-refractivity contribution in [3.05, 3.63) is 72.6 Å². The predicted molar refractivity (Wildman–Crippen MR) is 131 cm³/mol. The molecule has 0 saturated carbocycles. The molecule has 0 aliphatic heterocycles. The Bertz CT molecular complexity index is 1210. The summed E-state index contributed by atoms with van der Waals surface area (Å²) in [4.78, 5) is 7.97. The third-order valence-corrected chi connectivity index (χ3v) is 9.45. The number of aromatic nitrogens is 2. The third-order valence-electron chi connectivity index (χ3n) is 4.65. The van der Waals surface area contributed by atoms with Crippen molar-refractivity contribution >= 4 is 37.7 Å². The van der Waals surface area contributed by atoms with Crippen molar-refractivity contribution in [3.8, 4) is 0 Å². The minimum Gasteiger partial charge on any atom is -0.340 e. The maximum Gasteiger partial charge on any atom is 0.399 e. The molecule has 0 bridgehead atoms. The van der Waals surface area contributed by atoms with E-state index in [1.54, 1.807) is 6.07 Å². The first-order valence-electron chi connectivity index (χ1n) is 10.2. The normalized spacial score (nSPS) is 14.9. The second-order valence-electron chi connectivity index (χ2n) is 8.04. The Kier molecular flexibility index (Phi) is 7.74. The van der Waals surface area contributed by atoms with Crippen molar-refractivity contribution in [2.24, 2.45) is 0 Å². The van der Waals surface area contributed by atoms with E-state index in [0.717, 1.165) is 11.3 Å². The molecule has 7 nitrogen and oxygen atoms in total. The number of benzene rings is 2. The molecule has 1 atom stereocenters. The summed E-state index contributed by atoms with van der Waals surface area (Å²) in [7, 11) is -7.41. The van der Waals surface area contributed by atoms with Crippen molar-refractivity contribution < 1.29 is 21.6 Å². The number of nitrogens with one attached hydrogen (secondary N) is 3. The number of alkyl halides is 3. The van der Waals surface area contributed by atoms with Gasteiger partial charge in [0.1, 0.15) is 23.7 Å². The van der Waals surface area contributed by atoms with Crippen LogP contribution in [0.5, 0.6) is 0 Å². The molecule has 184 valence electrons. The third kappa shape index (κ3) is 7.34. The van der Waals surface area contributed by atoms with Gasteiger partial charge in [0.25, 0.3) is 0 Å². The van der Waals surface area contributed by atoms with Crippen LogP contribution in [0.2, 0.25) is 0 Å². The largest absolute Gasteiger partial charge is 0.399 e. The summed E-state index contributed by atoms with van der Waals surface area (Å²) in [5.41, 5.74) is 1.90. The van der Waals surface area contributed by atoms with Crippen LogP contribution in [0, 0.1) is 0 Å². The fraction of sp³-hybridized carbons (Fsp3) is 0.273. The highest BCUT2D eigenvalue weighted by Gasteiger charge is 2.39. The van der Waals surface area contributed by atoms with Gasteiger partial charge in [0.15, 0.2) is 0 Å². The molecule has 12 heteroatoms. The lowest BCUT2D eigenvalue weighted by molar-refractivity contribution is -0.105. The van der Waals surface area contributed by atoms with Crippen LogP contribution in [-0.4, -0.2) is 36.6 Å². The minimum absolute atomic E-state index is 0.0498. The monoisotopic (exact) mass is 513 g/mol. The molecule has 3 aromatic rings. The highest BCUT2D eigenvalue weighted by atomic mass is 32.3. The van der Waals surface area contributed by atoms with Gasteiger partial charge in [-0.3, -0.25) is 0 Å². The van der Waals surface area contributed by atoms with Gasteiger partial charge < -0.3 is 10.0 Å². The topological polar surface area (TPSA) is 96.0 Å². The second-order valence-corrected chi connectivity index (χ2v) is 12.9. The Hall–Kier alpha value is -2.83. The lowest BCUT2D eigenvalue weighted by Crippen LogP contribution is -2.38. The Labute approximate surface area is 198 Å². The molecule has 0 fully saturated rings. The van der Waals surface area contributed by atoms with Crippen molar-refractivity contribution in [1.82, 2.24) is 14.1 Å². The summed E-state index contributed by atoms with van der Waals surface area (Å²) in [6.45, 7) is 4.16. The predicted octanol–water partition coefficient (Wildman–Crippen LogP) is 5.56. The number of hydrogen-bond acceptors (Lipinski definition) is 6. The molecule has 0 aliphatic carbocycles. The Morgan fingerprint density at radius 3 is 2.15 bits per heavy atom. The summed E-state index contributed by atoms with van der Waals surface area (Å²) in [5.74, 6) is -0.628. The van der Waals surface area contributed by atoms with Crippen LogP contribution in [0.15, 0.2) is 71.9 Å². The lowest BCUT2D eigenvalue weighted by Gasteiger charge is -2.37. The number of hydrogen-bond donors (Lipinski definition) is 3. The molecule has 3 rings (SSSR count). The second kappa shape index (κ2) is 10.2. The minimum atomic E-state index is -4.62. The molecule has 0 amide bonds. The number of halogens is 3. The molecule has 2 aromatic carbocycles. The highest BCUT2D eigenvalue weighted by molar-refractivity contribution is 8.36. The zero-order chi connectivity index (χ0) is 25.0. The standard InChI is InChI=1S/C22H26F3N5O2S2/c1-16(2)17-9-11-18(12-10-17)28-20-13-21(27-15-26-20)29-33(3,14-22(23,24)25)30-34(31,32)19-7-5-4-6-8-19/h4-13,15-16,30H,14H2,1-3H3,(H2,26,27,28,29). The average Bonchev–Trinajstić information content (AvgIpc) is 2.73. The molecule has 1 unspecified atom stereocenters. The quantitative estimate of drug-likeness (QED) is 0.347. The summed E-state index contributed by atoms with van der Waals surface area (Å²) in [6.07, 6.45) is -2.24. The fourth-order valence-electron chi connectivity index (χ4n) is 3.12. The van der Waals surface area contributed by atoms with Crippen LogP contribution in [0.4, 0.5) is 30.5 Å². The van der Waals surface area contributed by atoms with E-state index in [-0.39, 0.29) is 10.7 Å². The van der Waals surface area contributed by atoms with Crippen LogP contribution in [0.25, 0.3) is 0 Å². The first-order chi connectivity index (χ1) is 15.9. The summed E-state index contributed by atoms with van der Waals surface area (Å²) < 4.78 is 70.6. The van der Waals surface area contributed by atoms with E-state index in [9.17, 15) is 21.6 Å². The van der Waals surface area contributed by atoms with Crippen molar-refractivity contribution in [1.29, 1.82) is 0 Å². The van der Waals surface area contributed by atoms with E-state index >= 15 is 0 Å². The van der Waals surface area contributed by atoms with Gasteiger partial charge in [-0.15, -0.1) is 0 Å². The van der Waals surface area contributed by atoms with Gasteiger partial charge in [0.05, 0.1) is 4.90 Å². The lowest BCUT2D eigenvalue weighted by atomic mass is 10.0. The van der Waals surface area contributed by atoms with Crippen LogP contribution < -0.4 is 14.2 Å². The molecule has 1 heterocycles. The summed E-state index contributed by atoms with van der Waals surface area (Å²) >= 11 is 0. The van der Waals surface area contributed by atoms with E-state index in [0.29, 0.717) is 11.7 Å². The molecule has 1 aromatic heterocycles. The molecular formula is C22H26F3N5O2S2. The van der Waals surface area contributed by atoms with Gasteiger partial charge in [-0.05, 0) is 42.0 Å². The smallest absolute Gasteiger partial charge is 0.340 e. The van der Waals surface area contributed by atoms with Gasteiger partial charge in [-0.25, -0.2) is 18.4 Å². The molecule has 0 saturated heterocycles. The van der Waals surface area contributed by atoms with Gasteiger partial charge in [-0.1, -0.05) is 54.6 Å². The van der Waals surface area contributed by atoms with Crippen LogP contribution in [0.3, 0.4) is 0 Å². The number of sulfonamides is 1. The van der Waals surface area contributed by atoms with E-state index in [4.69, 9.17) is 0 Å². The molecule has 0 spiro atoms. The van der Waals surface area contributed by atoms with Gasteiger partial charge in [0, 0.05) is 11.8 Å². The van der Waals surface area contributed by atoms with Crippen LogP contribution >= 0.6 is 10.4 Å². The zero-order valence-corrected chi connectivity index (χ0v) is 20.4. The fourth-order valence-corrected chi connectivity index (χ4v) is 7.65. The van der Waals surface area contributed by atoms with Gasteiger partial charge >= 0.3 is 6.18 Å². The van der Waals surface area contributed by atoms with E-state index < -0.39 is 32.4 Å².